The zero-order chi connectivity index (χ0) is 16.1. The first-order valence-corrected chi connectivity index (χ1v) is 8.02. The fraction of sp³-hybridized carbons (Fsp3) is 0.333. The minimum Gasteiger partial charge on any atom is -0.394 e. The topological polar surface area (TPSA) is 67.2 Å². The van der Waals surface area contributed by atoms with E-state index < -0.39 is 0 Å². The van der Waals surface area contributed by atoms with Crippen molar-refractivity contribution in [2.24, 2.45) is 0 Å². The molecule has 1 aromatic heterocycles. The van der Waals surface area contributed by atoms with E-state index in [1.54, 1.807) is 11.5 Å². The van der Waals surface area contributed by atoms with E-state index in [0.717, 1.165) is 15.5 Å². The predicted molar refractivity (Wildman–Crippen MR) is 89.0 cm³/mol. The molecular formula is C15H18N2O3S2. The molecule has 0 aliphatic rings. The predicted octanol–water partition coefficient (Wildman–Crippen LogP) is 2.64. The van der Waals surface area contributed by atoms with Crippen molar-refractivity contribution >= 4 is 24.0 Å². The Bertz CT molecular complexity index is 768. The Labute approximate surface area is 138 Å². The maximum absolute atomic E-state index is 12.0. The minimum absolute atomic E-state index is 0.0595. The molecule has 1 aromatic carbocycles. The molecule has 0 bridgehead atoms. The molecule has 0 aliphatic carbocycles. The third kappa shape index (κ3) is 4.07. The van der Waals surface area contributed by atoms with Crippen LogP contribution in [0.15, 0.2) is 39.0 Å². The van der Waals surface area contributed by atoms with E-state index in [-0.39, 0.29) is 25.5 Å². The quantitative estimate of drug-likeness (QED) is 0.481. The SMILES string of the molecule is Cc1cccc(Sc2c(C)c(=O)[nH]c(=S)n2COCCO)c1. The summed E-state index contributed by atoms with van der Waals surface area (Å²) < 4.78 is 7.40. The van der Waals surface area contributed by atoms with Crippen LogP contribution >= 0.6 is 24.0 Å². The number of aliphatic hydroxyl groups is 1. The van der Waals surface area contributed by atoms with Crippen molar-refractivity contribution in [3.05, 3.63) is 50.5 Å². The Morgan fingerprint density at radius 2 is 2.18 bits per heavy atom. The van der Waals surface area contributed by atoms with Gasteiger partial charge in [0.1, 0.15) is 6.73 Å². The first kappa shape index (κ1) is 17.0. The Morgan fingerprint density at radius 1 is 1.41 bits per heavy atom. The fourth-order valence-electron chi connectivity index (χ4n) is 1.91. The lowest BCUT2D eigenvalue weighted by molar-refractivity contribution is 0.0422. The maximum Gasteiger partial charge on any atom is 0.255 e. The highest BCUT2D eigenvalue weighted by molar-refractivity contribution is 7.99. The molecule has 2 aromatic rings. The van der Waals surface area contributed by atoms with Gasteiger partial charge < -0.3 is 9.84 Å². The van der Waals surface area contributed by atoms with Crippen LogP contribution in [0.25, 0.3) is 0 Å². The van der Waals surface area contributed by atoms with Crippen LogP contribution in [0.2, 0.25) is 0 Å². The van der Waals surface area contributed by atoms with Gasteiger partial charge in [-0.1, -0.05) is 29.5 Å². The first-order valence-electron chi connectivity index (χ1n) is 6.79. The van der Waals surface area contributed by atoms with Crippen molar-refractivity contribution in [3.8, 4) is 0 Å². The van der Waals surface area contributed by atoms with Gasteiger partial charge in [0.05, 0.1) is 18.2 Å². The average molecular weight is 338 g/mol. The van der Waals surface area contributed by atoms with E-state index in [0.29, 0.717) is 10.3 Å². The van der Waals surface area contributed by atoms with Gasteiger partial charge >= 0.3 is 0 Å². The van der Waals surface area contributed by atoms with Gasteiger partial charge in [0.25, 0.3) is 5.56 Å². The Balaban J connectivity index is 2.43. The summed E-state index contributed by atoms with van der Waals surface area (Å²) in [6, 6.07) is 8.03. The zero-order valence-corrected chi connectivity index (χ0v) is 14.1. The highest BCUT2D eigenvalue weighted by Crippen LogP contribution is 2.29. The molecule has 0 unspecified atom stereocenters. The molecule has 0 saturated carbocycles. The Hall–Kier alpha value is -1.41. The number of hydrogen-bond acceptors (Lipinski definition) is 5. The number of nitrogens with one attached hydrogen (secondary N) is 1. The lowest BCUT2D eigenvalue weighted by atomic mass is 10.2. The molecule has 0 atom stereocenters. The monoisotopic (exact) mass is 338 g/mol. The lowest BCUT2D eigenvalue weighted by Gasteiger charge is -2.15. The van der Waals surface area contributed by atoms with Gasteiger partial charge in [0, 0.05) is 10.5 Å². The Kier molecular flexibility index (Phi) is 5.96. The highest BCUT2D eigenvalue weighted by Gasteiger charge is 2.12. The number of benzene rings is 1. The second kappa shape index (κ2) is 7.73. The van der Waals surface area contributed by atoms with Crippen LogP contribution in [0.3, 0.4) is 0 Å². The summed E-state index contributed by atoms with van der Waals surface area (Å²) >= 11 is 6.71. The number of aryl methyl sites for hydroxylation is 1. The summed E-state index contributed by atoms with van der Waals surface area (Å²) in [5, 5.41) is 9.57. The fourth-order valence-corrected chi connectivity index (χ4v) is 3.32. The van der Waals surface area contributed by atoms with Gasteiger partial charge in [0.2, 0.25) is 0 Å². The normalized spacial score (nSPS) is 10.9. The van der Waals surface area contributed by atoms with Crippen LogP contribution in [0.5, 0.6) is 0 Å². The minimum atomic E-state index is -0.196. The molecule has 1 heterocycles. The van der Waals surface area contributed by atoms with Crippen molar-refractivity contribution in [2.45, 2.75) is 30.5 Å². The van der Waals surface area contributed by atoms with Gasteiger partial charge in [-0.2, -0.15) is 0 Å². The standard InChI is InChI=1S/C15H18N2O3S2/c1-10-4-3-5-12(8-10)22-14-11(2)13(19)16-15(21)17(14)9-20-7-6-18/h3-5,8,18H,6-7,9H2,1-2H3,(H,16,19,21). The van der Waals surface area contributed by atoms with Crippen molar-refractivity contribution in [3.63, 3.8) is 0 Å². The van der Waals surface area contributed by atoms with E-state index in [4.69, 9.17) is 22.1 Å². The molecule has 0 spiro atoms. The Morgan fingerprint density at radius 3 is 2.86 bits per heavy atom. The third-order valence-electron chi connectivity index (χ3n) is 3.03. The molecule has 118 valence electrons. The number of aliphatic hydroxyl groups excluding tert-OH is 1. The van der Waals surface area contributed by atoms with Gasteiger partial charge in [-0.15, -0.1) is 0 Å². The smallest absolute Gasteiger partial charge is 0.255 e. The van der Waals surface area contributed by atoms with Crippen LogP contribution in [0.4, 0.5) is 0 Å². The molecule has 0 aliphatic heterocycles. The number of hydrogen-bond donors (Lipinski definition) is 2. The number of aromatic amines is 1. The van der Waals surface area contributed by atoms with Crippen molar-refractivity contribution in [2.75, 3.05) is 13.2 Å². The first-order chi connectivity index (χ1) is 10.5. The average Bonchev–Trinajstić information content (AvgIpc) is 2.48. The van der Waals surface area contributed by atoms with Crippen molar-refractivity contribution in [1.82, 2.24) is 9.55 Å². The molecule has 0 radical (unpaired) electrons. The number of nitrogens with zero attached hydrogens (tertiary/aromatic N) is 1. The van der Waals surface area contributed by atoms with Gasteiger partial charge in [-0.25, -0.2) is 0 Å². The molecule has 0 fully saturated rings. The maximum atomic E-state index is 12.0. The van der Waals surface area contributed by atoms with E-state index in [2.05, 4.69) is 4.98 Å². The number of ether oxygens (including phenoxy) is 1. The molecular weight excluding hydrogens is 320 g/mol. The van der Waals surface area contributed by atoms with Crippen LogP contribution in [-0.2, 0) is 11.5 Å². The van der Waals surface area contributed by atoms with Gasteiger partial charge in [-0.05, 0) is 38.2 Å². The molecule has 22 heavy (non-hydrogen) atoms. The highest BCUT2D eigenvalue weighted by atomic mass is 32.2. The van der Waals surface area contributed by atoms with E-state index >= 15 is 0 Å². The second-order valence-corrected chi connectivity index (χ2v) is 6.25. The largest absolute Gasteiger partial charge is 0.394 e. The summed E-state index contributed by atoms with van der Waals surface area (Å²) in [6.45, 7) is 4.12. The number of aromatic nitrogens is 2. The van der Waals surface area contributed by atoms with E-state index in [1.807, 2.05) is 31.2 Å². The second-order valence-electron chi connectivity index (χ2n) is 4.80. The van der Waals surface area contributed by atoms with Crippen LogP contribution < -0.4 is 5.56 Å². The molecule has 2 rings (SSSR count). The summed E-state index contributed by atoms with van der Waals surface area (Å²) in [5.74, 6) is 0. The van der Waals surface area contributed by atoms with Crippen LogP contribution in [0.1, 0.15) is 11.1 Å². The van der Waals surface area contributed by atoms with Crippen molar-refractivity contribution in [1.29, 1.82) is 0 Å². The van der Waals surface area contributed by atoms with Crippen molar-refractivity contribution < 1.29 is 9.84 Å². The molecule has 7 heteroatoms. The van der Waals surface area contributed by atoms with E-state index in [9.17, 15) is 4.79 Å². The van der Waals surface area contributed by atoms with Gasteiger partial charge in [-0.3, -0.25) is 14.3 Å². The van der Waals surface area contributed by atoms with Crippen LogP contribution in [-0.4, -0.2) is 27.9 Å². The molecule has 2 N–H and O–H groups in total. The molecule has 5 nitrogen and oxygen atoms in total. The zero-order valence-electron chi connectivity index (χ0n) is 12.5. The summed E-state index contributed by atoms with van der Waals surface area (Å²) in [5.41, 5.74) is 1.54. The lowest BCUT2D eigenvalue weighted by Crippen LogP contribution is -2.20. The summed E-state index contributed by atoms with van der Waals surface area (Å²) in [6.07, 6.45) is 0. The number of H-pyrrole nitrogens is 1. The van der Waals surface area contributed by atoms with E-state index in [1.165, 1.54) is 11.8 Å². The van der Waals surface area contributed by atoms with Crippen LogP contribution in [0, 0.1) is 18.6 Å². The molecule has 0 saturated heterocycles. The molecule has 0 amide bonds. The third-order valence-corrected chi connectivity index (χ3v) is 4.56. The number of rotatable bonds is 6. The summed E-state index contributed by atoms with van der Waals surface area (Å²) in [7, 11) is 0. The summed E-state index contributed by atoms with van der Waals surface area (Å²) in [4.78, 5) is 15.6. The van der Waals surface area contributed by atoms with Gasteiger partial charge in [0.15, 0.2) is 4.77 Å².